The molecule has 5 heterocycles. The molecule has 81 heavy (non-hydrogen) atoms. The van der Waals surface area contributed by atoms with Crippen molar-refractivity contribution < 1.29 is 71.5 Å². The number of anilines is 1. The quantitative estimate of drug-likeness (QED) is 0.0238. The molecule has 2 aromatic carbocycles. The Morgan fingerprint density at radius 1 is 0.914 bits per heavy atom. The number of nitrogens with zero attached hydrogens (tertiary/aromatic N) is 3. The fourth-order valence-electron chi connectivity index (χ4n) is 10.3. The van der Waals surface area contributed by atoms with E-state index < -0.39 is 70.9 Å². The summed E-state index contributed by atoms with van der Waals surface area (Å²) >= 11 is 0. The van der Waals surface area contributed by atoms with E-state index in [9.17, 15) is 48.3 Å². The van der Waals surface area contributed by atoms with Crippen LogP contribution in [0.25, 0.3) is 22.3 Å². The summed E-state index contributed by atoms with van der Waals surface area (Å²) in [4.78, 5) is 121. The van der Waals surface area contributed by atoms with Crippen LogP contribution in [-0.4, -0.2) is 132 Å². The van der Waals surface area contributed by atoms with E-state index in [1.165, 1.54) is 22.8 Å². The van der Waals surface area contributed by atoms with E-state index in [1.807, 2.05) is 0 Å². The van der Waals surface area contributed by atoms with Crippen molar-refractivity contribution in [2.45, 2.75) is 110 Å². The molecule has 8 amide bonds. The van der Waals surface area contributed by atoms with Crippen molar-refractivity contribution in [3.63, 3.8) is 0 Å². The van der Waals surface area contributed by atoms with Crippen molar-refractivity contribution in [3.8, 4) is 11.4 Å². The first-order chi connectivity index (χ1) is 38.8. The van der Waals surface area contributed by atoms with Crippen molar-refractivity contribution in [2.24, 2.45) is 11.7 Å². The van der Waals surface area contributed by atoms with E-state index >= 15 is 4.39 Å². The molecule has 0 bridgehead atoms. The minimum atomic E-state index is -2.05. The third-order valence-corrected chi connectivity index (χ3v) is 14.7. The lowest BCUT2D eigenvalue weighted by molar-refractivity contribution is -0.172. The number of fused-ring (bicyclic) bond motifs is 5. The van der Waals surface area contributed by atoms with E-state index in [2.05, 4.69) is 26.6 Å². The van der Waals surface area contributed by atoms with Gasteiger partial charge in [0.25, 0.3) is 17.4 Å². The average molecular weight is 1120 g/mol. The number of ether oxygens (including phenoxy) is 5. The molecule has 24 nitrogen and oxygen atoms in total. The van der Waals surface area contributed by atoms with E-state index in [-0.39, 0.29) is 127 Å². The van der Waals surface area contributed by atoms with Gasteiger partial charge in [-0.15, -0.1) is 0 Å². The normalized spacial score (nSPS) is 17.5. The second kappa shape index (κ2) is 26.0. The van der Waals surface area contributed by atoms with E-state index in [4.69, 9.17) is 34.4 Å². The molecule has 8 N–H and O–H groups in total. The topological polar surface area (TPSA) is 327 Å². The number of hydrogen-bond donors (Lipinski definition) is 7. The van der Waals surface area contributed by atoms with Gasteiger partial charge < -0.3 is 65.7 Å². The number of hydrogen-bond acceptors (Lipinski definition) is 16. The van der Waals surface area contributed by atoms with Crippen molar-refractivity contribution in [2.75, 3.05) is 58.0 Å². The van der Waals surface area contributed by atoms with Crippen molar-refractivity contribution in [1.82, 2.24) is 35.7 Å². The molecule has 0 unspecified atom stereocenters. The van der Waals surface area contributed by atoms with E-state index in [0.29, 0.717) is 63.1 Å². The lowest BCUT2D eigenvalue weighted by Crippen LogP contribution is -2.54. The van der Waals surface area contributed by atoms with Crippen molar-refractivity contribution in [1.29, 1.82) is 0 Å². The number of alkyl carbamates (subject to hydrolysis) is 1. The number of pyridine rings is 2. The third kappa shape index (κ3) is 13.4. The Morgan fingerprint density at radius 3 is 2.28 bits per heavy atom. The fourth-order valence-corrected chi connectivity index (χ4v) is 10.3. The van der Waals surface area contributed by atoms with Crippen LogP contribution in [0.5, 0.6) is 0 Å². The van der Waals surface area contributed by atoms with E-state index in [0.717, 1.165) is 10.5 Å². The number of aryl methyl sites for hydroxylation is 1. The summed E-state index contributed by atoms with van der Waals surface area (Å²) in [5.41, 5.74) is 7.39. The number of imide groups is 1. The van der Waals surface area contributed by atoms with Crippen LogP contribution in [-0.2, 0) is 84.2 Å². The molecule has 3 aliphatic heterocycles. The maximum Gasteiger partial charge on any atom is 0.407 e. The highest BCUT2D eigenvalue weighted by atomic mass is 19.1. The first kappa shape index (κ1) is 59.0. The van der Waals surface area contributed by atoms with Gasteiger partial charge in [-0.3, -0.25) is 33.7 Å². The Labute approximate surface area is 464 Å². The Bertz CT molecular complexity index is 3200. The summed E-state index contributed by atoms with van der Waals surface area (Å²) in [6.07, 6.45) is 2.66. The largest absolute Gasteiger partial charge is 0.458 e. The number of nitrogens with one attached hydrogen (secondary N) is 5. The van der Waals surface area contributed by atoms with Crippen LogP contribution >= 0.6 is 0 Å². The molecule has 0 saturated carbocycles. The highest BCUT2D eigenvalue weighted by molar-refractivity contribution is 6.12. The van der Waals surface area contributed by atoms with Gasteiger partial charge in [-0.25, -0.2) is 23.8 Å². The maximum atomic E-state index is 15.4. The molecule has 0 radical (unpaired) electrons. The molecule has 0 fully saturated rings. The molecule has 1 aliphatic carbocycles. The summed E-state index contributed by atoms with van der Waals surface area (Å²) in [5.74, 6) is -4.13. The minimum Gasteiger partial charge on any atom is -0.458 e. The maximum absolute atomic E-state index is 15.4. The van der Waals surface area contributed by atoms with Gasteiger partial charge in [-0.1, -0.05) is 32.9 Å². The number of urea groups is 1. The lowest BCUT2D eigenvalue weighted by atomic mass is 9.81. The number of esters is 1. The van der Waals surface area contributed by atoms with Gasteiger partial charge in [0.05, 0.1) is 81.2 Å². The molecular formula is C56H66FN9O15. The zero-order valence-electron chi connectivity index (χ0n) is 45.4. The monoisotopic (exact) mass is 1120 g/mol. The molecule has 0 saturated heterocycles. The summed E-state index contributed by atoms with van der Waals surface area (Å²) in [7, 11) is 0. The molecule has 4 aliphatic rings. The first-order valence-corrected chi connectivity index (χ1v) is 26.8. The first-order valence-electron chi connectivity index (χ1n) is 26.8. The Hall–Kier alpha value is -8.13. The number of aromatic nitrogens is 2. The predicted octanol–water partition coefficient (Wildman–Crippen LogP) is 2.82. The minimum absolute atomic E-state index is 0.0378. The Kier molecular flexibility index (Phi) is 18.9. The zero-order chi connectivity index (χ0) is 58.1. The van der Waals surface area contributed by atoms with Crippen molar-refractivity contribution >= 4 is 64.2 Å². The Morgan fingerprint density at radius 2 is 1.60 bits per heavy atom. The number of cyclic esters (lactones) is 1. The number of nitrogens with two attached hydrogens (primary N) is 1. The lowest BCUT2D eigenvalue weighted by Gasteiger charge is -2.31. The van der Waals surface area contributed by atoms with Crippen LogP contribution < -0.4 is 37.9 Å². The number of halogens is 1. The van der Waals surface area contributed by atoms with Gasteiger partial charge in [0, 0.05) is 53.4 Å². The van der Waals surface area contributed by atoms with Crippen molar-refractivity contribution in [3.05, 3.63) is 104 Å². The molecule has 432 valence electrons. The summed E-state index contributed by atoms with van der Waals surface area (Å²) in [5, 5.41) is 25.8. The van der Waals surface area contributed by atoms with Crippen LogP contribution in [0.2, 0.25) is 0 Å². The van der Waals surface area contributed by atoms with Gasteiger partial charge in [0.1, 0.15) is 31.1 Å². The predicted molar refractivity (Wildman–Crippen MR) is 287 cm³/mol. The third-order valence-electron chi connectivity index (χ3n) is 14.7. The molecule has 0 spiro atoms. The van der Waals surface area contributed by atoms with Gasteiger partial charge in [0.2, 0.25) is 17.7 Å². The van der Waals surface area contributed by atoms with Crippen LogP contribution in [0.4, 0.5) is 19.7 Å². The second-order valence-corrected chi connectivity index (χ2v) is 20.3. The molecule has 4 aromatic rings. The second-order valence-electron chi connectivity index (χ2n) is 20.3. The van der Waals surface area contributed by atoms with Crippen LogP contribution in [0.3, 0.4) is 0 Å². The van der Waals surface area contributed by atoms with Crippen LogP contribution in [0, 0.1) is 18.7 Å². The molecule has 25 heteroatoms. The van der Waals surface area contributed by atoms with E-state index in [1.54, 1.807) is 58.0 Å². The van der Waals surface area contributed by atoms with Gasteiger partial charge in [-0.05, 0) is 85.4 Å². The number of amides is 8. The summed E-state index contributed by atoms with van der Waals surface area (Å²) in [6, 6.07) is 5.82. The highest BCUT2D eigenvalue weighted by Crippen LogP contribution is 2.46. The smallest absolute Gasteiger partial charge is 0.407 e. The summed E-state index contributed by atoms with van der Waals surface area (Å²) < 4.78 is 44.2. The highest BCUT2D eigenvalue weighted by Gasteiger charge is 2.46. The number of rotatable bonds is 26. The fraction of sp³-hybridized carbons (Fsp3) is 0.464. The number of carbonyl (C=O) groups excluding carboxylic acids is 8. The number of aliphatic hydroxyl groups is 1. The van der Waals surface area contributed by atoms with Gasteiger partial charge in [-0.2, -0.15) is 0 Å². The van der Waals surface area contributed by atoms with Gasteiger partial charge in [0.15, 0.2) is 5.60 Å². The standard InChI is InChI=1S/C56H66FN9O15/c1-5-56(76)37-25-42-49-35(27-66(42)52(72)36(37)29-80-53(56)73)47-39(13-12-34-31(4)38(57)26-41(61-49)46(34)47)63-55(75)81-28-32-8-10-33(11-9-32)60-50(70)40(7-6-17-59-54(58)74)62-51(71)48(30(2)3)64-43(67)16-19-77-21-23-79-24-22-78-20-18-65-44(68)14-15-45(65)69/h8-11,14-15,25-26,30,39-40,48,76H,5-7,12-13,16-24,27-29H2,1-4H3,(H,60,70)(H,62,71)(H,63,75)(H,64,67)(H3,58,59,74)/t39-,40-,48-,56-/m0/s1. The number of carbonyl (C=O) groups is 8. The van der Waals surface area contributed by atoms with Crippen LogP contribution in [0.15, 0.2) is 53.3 Å². The SMILES string of the molecule is CC[C@@]1(O)C(=O)OCc2c1cc1n(c2=O)Cc2c-1nc1cc(F)c(C)c3c1c2[C@@H](NC(=O)OCc1ccc(NC(=O)[C@H](CCCNC(N)=O)NC(=O)[C@@H](NC(=O)CCOCCOCCOCCN2C(=O)C=CC2=O)C(C)C)cc1)CC3. The summed E-state index contributed by atoms with van der Waals surface area (Å²) in [6.45, 7) is 7.68. The molecule has 2 aromatic heterocycles. The van der Waals surface area contributed by atoms with Gasteiger partial charge >= 0.3 is 18.1 Å². The molecular weight excluding hydrogens is 1060 g/mol. The Balaban J connectivity index is 0.838. The van der Waals surface area contributed by atoms with Crippen LogP contribution in [0.1, 0.15) is 97.9 Å². The average Bonchev–Trinajstić information content (AvgIpc) is 2.54. The number of benzene rings is 2. The molecule has 4 atom stereocenters. The number of primary amides is 1. The zero-order valence-corrected chi connectivity index (χ0v) is 45.4. The molecule has 8 rings (SSSR count).